The van der Waals surface area contributed by atoms with Crippen LogP contribution in [-0.4, -0.2) is 19.2 Å². The van der Waals surface area contributed by atoms with Gasteiger partial charge in [-0.25, -0.2) is 4.79 Å². The number of carbonyl (C=O) groups excluding carboxylic acids is 1. The molecule has 4 heteroatoms. The van der Waals surface area contributed by atoms with Crippen LogP contribution >= 0.6 is 11.6 Å². The molecule has 1 aromatic carbocycles. The van der Waals surface area contributed by atoms with E-state index >= 15 is 0 Å². The van der Waals surface area contributed by atoms with Gasteiger partial charge in [-0.05, 0) is 43.5 Å². The van der Waals surface area contributed by atoms with Crippen LogP contribution < -0.4 is 4.74 Å². The molecule has 0 bridgehead atoms. The van der Waals surface area contributed by atoms with E-state index in [2.05, 4.69) is 6.92 Å². The zero-order chi connectivity index (χ0) is 13.5. The molecular formula is C14H19ClO3. The monoisotopic (exact) mass is 270 g/mol. The van der Waals surface area contributed by atoms with Crippen molar-refractivity contribution < 1.29 is 14.3 Å². The molecule has 0 aromatic heterocycles. The first-order chi connectivity index (χ1) is 8.58. The molecule has 0 spiro atoms. The van der Waals surface area contributed by atoms with Crippen molar-refractivity contribution in [3.63, 3.8) is 0 Å². The fraction of sp³-hybridized carbons (Fsp3) is 0.500. The van der Waals surface area contributed by atoms with Crippen molar-refractivity contribution >= 4 is 17.6 Å². The van der Waals surface area contributed by atoms with Crippen molar-refractivity contribution in [1.29, 1.82) is 0 Å². The summed E-state index contributed by atoms with van der Waals surface area (Å²) in [6, 6.07) is 5.35. The second-order valence-electron chi connectivity index (χ2n) is 4.18. The molecule has 0 radical (unpaired) electrons. The Hall–Kier alpha value is -1.22. The molecule has 0 aliphatic carbocycles. The van der Waals surface area contributed by atoms with Crippen molar-refractivity contribution in [1.82, 2.24) is 0 Å². The average molecular weight is 271 g/mol. The first-order valence-electron chi connectivity index (χ1n) is 6.09. The van der Waals surface area contributed by atoms with Gasteiger partial charge in [0.1, 0.15) is 5.75 Å². The van der Waals surface area contributed by atoms with Gasteiger partial charge < -0.3 is 9.47 Å². The van der Waals surface area contributed by atoms with Gasteiger partial charge in [-0.3, -0.25) is 0 Å². The third-order valence-electron chi connectivity index (χ3n) is 2.69. The van der Waals surface area contributed by atoms with Crippen LogP contribution in [0.25, 0.3) is 0 Å². The van der Waals surface area contributed by atoms with Gasteiger partial charge in [0.05, 0.1) is 7.11 Å². The Morgan fingerprint density at radius 1 is 1.44 bits per heavy atom. The van der Waals surface area contributed by atoms with E-state index in [9.17, 15) is 4.79 Å². The van der Waals surface area contributed by atoms with Gasteiger partial charge in [-0.1, -0.05) is 24.9 Å². The van der Waals surface area contributed by atoms with Crippen molar-refractivity contribution in [3.8, 4) is 5.75 Å². The number of halogens is 1. The molecule has 100 valence electrons. The zero-order valence-corrected chi connectivity index (χ0v) is 11.8. The van der Waals surface area contributed by atoms with E-state index in [1.165, 1.54) is 7.11 Å². The predicted molar refractivity (Wildman–Crippen MR) is 72.1 cm³/mol. The van der Waals surface area contributed by atoms with Crippen molar-refractivity contribution in [2.45, 2.75) is 39.2 Å². The summed E-state index contributed by atoms with van der Waals surface area (Å²) in [5.74, 6) is 0.305. The summed E-state index contributed by atoms with van der Waals surface area (Å²) in [7, 11) is 1.37. The molecule has 1 rings (SSSR count). The number of unbranched alkanes of at least 4 members (excludes halogenated alkanes) is 1. The lowest BCUT2D eigenvalue weighted by Gasteiger charge is -2.17. The summed E-state index contributed by atoms with van der Waals surface area (Å²) in [6.07, 6.45) is 2.05. The Balaban J connectivity index is 2.75. The number of hydrogen-bond acceptors (Lipinski definition) is 3. The zero-order valence-electron chi connectivity index (χ0n) is 11.0. The van der Waals surface area contributed by atoms with E-state index < -0.39 is 6.10 Å². The first-order valence-corrected chi connectivity index (χ1v) is 6.47. The van der Waals surface area contributed by atoms with Crippen LogP contribution in [0.5, 0.6) is 5.75 Å². The van der Waals surface area contributed by atoms with Crippen LogP contribution in [-0.2, 0) is 9.53 Å². The minimum absolute atomic E-state index is 0.337. The molecule has 18 heavy (non-hydrogen) atoms. The fourth-order valence-electron chi connectivity index (χ4n) is 1.60. The molecule has 1 atom stereocenters. The maximum Gasteiger partial charge on any atom is 0.347 e. The van der Waals surface area contributed by atoms with E-state index in [4.69, 9.17) is 21.1 Å². The molecule has 0 saturated heterocycles. The summed E-state index contributed by atoms with van der Waals surface area (Å²) >= 11 is 5.94. The number of rotatable bonds is 6. The Kier molecular flexibility index (Phi) is 5.99. The van der Waals surface area contributed by atoms with Gasteiger partial charge in [0.2, 0.25) is 0 Å². The smallest absolute Gasteiger partial charge is 0.347 e. The second kappa shape index (κ2) is 7.27. The summed E-state index contributed by atoms with van der Waals surface area (Å²) in [4.78, 5) is 11.6. The molecule has 1 unspecified atom stereocenters. The van der Waals surface area contributed by atoms with Crippen LogP contribution in [0.1, 0.15) is 31.7 Å². The molecule has 1 aromatic rings. The van der Waals surface area contributed by atoms with E-state index in [-0.39, 0.29) is 5.97 Å². The standard InChI is InChI=1S/C14H19ClO3/c1-4-5-6-13(14(16)17-3)18-11-7-8-12(15)10(2)9-11/h7-9,13H,4-6H2,1-3H3. The van der Waals surface area contributed by atoms with Crippen molar-refractivity contribution in [2.75, 3.05) is 7.11 Å². The lowest BCUT2D eigenvalue weighted by molar-refractivity contribution is -0.149. The molecular weight excluding hydrogens is 252 g/mol. The first kappa shape index (κ1) is 14.8. The average Bonchev–Trinajstić information content (AvgIpc) is 2.37. The number of ether oxygens (including phenoxy) is 2. The minimum atomic E-state index is -0.546. The SMILES string of the molecule is CCCCC(Oc1ccc(Cl)c(C)c1)C(=O)OC. The fourth-order valence-corrected chi connectivity index (χ4v) is 1.72. The van der Waals surface area contributed by atoms with Crippen LogP contribution in [0, 0.1) is 6.92 Å². The van der Waals surface area contributed by atoms with Crippen LogP contribution in [0.4, 0.5) is 0 Å². The lowest BCUT2D eigenvalue weighted by Crippen LogP contribution is -2.28. The van der Waals surface area contributed by atoms with Gasteiger partial charge in [0.25, 0.3) is 0 Å². The Bertz CT molecular complexity index is 404. The summed E-state index contributed by atoms with van der Waals surface area (Å²) in [6.45, 7) is 3.97. The summed E-state index contributed by atoms with van der Waals surface area (Å²) in [5.41, 5.74) is 0.924. The number of benzene rings is 1. The van der Waals surface area contributed by atoms with Crippen molar-refractivity contribution in [2.24, 2.45) is 0 Å². The maximum atomic E-state index is 11.6. The Labute approximate surface area is 113 Å². The van der Waals surface area contributed by atoms with Gasteiger partial charge in [0.15, 0.2) is 6.10 Å². The summed E-state index contributed by atoms with van der Waals surface area (Å²) < 4.78 is 10.4. The van der Waals surface area contributed by atoms with Gasteiger partial charge in [0, 0.05) is 5.02 Å². The Morgan fingerprint density at radius 2 is 2.17 bits per heavy atom. The van der Waals surface area contributed by atoms with E-state index in [1.54, 1.807) is 12.1 Å². The van der Waals surface area contributed by atoms with Crippen LogP contribution in [0.2, 0.25) is 5.02 Å². The van der Waals surface area contributed by atoms with Crippen LogP contribution in [0.15, 0.2) is 18.2 Å². The molecule has 0 amide bonds. The highest BCUT2D eigenvalue weighted by atomic mass is 35.5. The van der Waals surface area contributed by atoms with E-state index in [0.717, 1.165) is 18.4 Å². The second-order valence-corrected chi connectivity index (χ2v) is 4.59. The quantitative estimate of drug-likeness (QED) is 0.739. The number of aryl methyl sites for hydroxylation is 1. The molecule has 0 N–H and O–H groups in total. The third-order valence-corrected chi connectivity index (χ3v) is 3.12. The molecule has 3 nitrogen and oxygen atoms in total. The predicted octanol–water partition coefficient (Wildman–Crippen LogP) is 3.76. The largest absolute Gasteiger partial charge is 0.479 e. The number of esters is 1. The van der Waals surface area contributed by atoms with Crippen LogP contribution in [0.3, 0.4) is 0 Å². The topological polar surface area (TPSA) is 35.5 Å². The molecule has 0 aliphatic heterocycles. The van der Waals surface area contributed by atoms with Gasteiger partial charge in [-0.2, -0.15) is 0 Å². The Morgan fingerprint density at radius 3 is 2.72 bits per heavy atom. The number of carbonyl (C=O) groups is 1. The maximum absolute atomic E-state index is 11.6. The normalized spacial score (nSPS) is 12.0. The van der Waals surface area contributed by atoms with Crippen molar-refractivity contribution in [3.05, 3.63) is 28.8 Å². The van der Waals surface area contributed by atoms with Gasteiger partial charge >= 0.3 is 5.97 Å². The lowest BCUT2D eigenvalue weighted by atomic mass is 10.1. The third kappa shape index (κ3) is 4.22. The molecule has 0 saturated carbocycles. The highest BCUT2D eigenvalue weighted by Crippen LogP contribution is 2.23. The molecule has 0 aliphatic rings. The highest BCUT2D eigenvalue weighted by molar-refractivity contribution is 6.31. The molecule has 0 heterocycles. The molecule has 0 fully saturated rings. The highest BCUT2D eigenvalue weighted by Gasteiger charge is 2.20. The van der Waals surface area contributed by atoms with E-state index in [1.807, 2.05) is 13.0 Å². The summed E-state index contributed by atoms with van der Waals surface area (Å²) in [5, 5.41) is 0.686. The van der Waals surface area contributed by atoms with Gasteiger partial charge in [-0.15, -0.1) is 0 Å². The minimum Gasteiger partial charge on any atom is -0.479 e. The number of methoxy groups -OCH3 is 1. The van der Waals surface area contributed by atoms with E-state index in [0.29, 0.717) is 17.2 Å². The number of hydrogen-bond donors (Lipinski definition) is 0.